The molecule has 0 unspecified atom stereocenters. The summed E-state index contributed by atoms with van der Waals surface area (Å²) in [6.07, 6.45) is 4.86. The molecule has 0 aromatic carbocycles. The van der Waals surface area contributed by atoms with Crippen molar-refractivity contribution in [1.82, 2.24) is 5.16 Å². The van der Waals surface area contributed by atoms with Gasteiger partial charge in [0.1, 0.15) is 5.76 Å². The minimum atomic E-state index is 0.00521. The van der Waals surface area contributed by atoms with Gasteiger partial charge in [-0.15, -0.1) is 0 Å². The maximum Gasteiger partial charge on any atom is 0.146 e. The summed E-state index contributed by atoms with van der Waals surface area (Å²) >= 11 is 0. The van der Waals surface area contributed by atoms with Gasteiger partial charge in [-0.2, -0.15) is 0 Å². The van der Waals surface area contributed by atoms with E-state index in [-0.39, 0.29) is 5.41 Å². The van der Waals surface area contributed by atoms with E-state index >= 15 is 0 Å². The van der Waals surface area contributed by atoms with Crippen LogP contribution in [0.2, 0.25) is 0 Å². The smallest absolute Gasteiger partial charge is 0.146 e. The first kappa shape index (κ1) is 10.0. The molecule has 2 heteroatoms. The molecule has 0 fully saturated rings. The summed E-state index contributed by atoms with van der Waals surface area (Å²) in [4.78, 5) is 0. The van der Waals surface area contributed by atoms with Crippen molar-refractivity contribution in [3.05, 3.63) is 29.7 Å². The highest BCUT2D eigenvalue weighted by atomic mass is 16.5. The van der Waals surface area contributed by atoms with Gasteiger partial charge in [0.05, 0.1) is 6.20 Å². The molecule has 0 radical (unpaired) electrons. The Morgan fingerprint density at radius 1 is 1.69 bits per heavy atom. The molecule has 0 saturated carbocycles. The molecule has 0 aliphatic rings. The largest absolute Gasteiger partial charge is 0.360 e. The first-order valence-corrected chi connectivity index (χ1v) is 4.69. The summed E-state index contributed by atoms with van der Waals surface area (Å²) in [5.41, 5.74) is 1.33. The van der Waals surface area contributed by atoms with Gasteiger partial charge in [0.25, 0.3) is 0 Å². The molecule has 0 spiro atoms. The lowest BCUT2D eigenvalue weighted by molar-refractivity contribution is 0.321. The molecular weight excluding hydrogens is 162 g/mol. The summed E-state index contributed by atoms with van der Waals surface area (Å²) in [6.45, 7) is 8.53. The van der Waals surface area contributed by atoms with E-state index in [4.69, 9.17) is 4.52 Å². The van der Waals surface area contributed by atoms with Crippen molar-refractivity contribution in [2.75, 3.05) is 0 Å². The molecule has 0 bridgehead atoms. The maximum atomic E-state index is 5.22. The van der Waals surface area contributed by atoms with Gasteiger partial charge in [-0.1, -0.05) is 23.7 Å². The van der Waals surface area contributed by atoms with Gasteiger partial charge in [0.15, 0.2) is 0 Å². The van der Waals surface area contributed by atoms with Crippen LogP contribution in [0.5, 0.6) is 0 Å². The highest BCUT2D eigenvalue weighted by Gasteiger charge is 2.29. The van der Waals surface area contributed by atoms with Gasteiger partial charge in [0, 0.05) is 11.5 Å². The van der Waals surface area contributed by atoms with E-state index in [0.29, 0.717) is 0 Å². The van der Waals surface area contributed by atoms with Crippen molar-refractivity contribution in [2.45, 2.75) is 39.5 Å². The second-order valence-electron chi connectivity index (χ2n) is 3.53. The van der Waals surface area contributed by atoms with Crippen molar-refractivity contribution in [1.29, 1.82) is 0 Å². The highest BCUT2D eigenvalue weighted by Crippen LogP contribution is 2.34. The summed E-state index contributed by atoms with van der Waals surface area (Å²) in [7, 11) is 0. The van der Waals surface area contributed by atoms with Gasteiger partial charge in [-0.05, 0) is 27.2 Å². The lowest BCUT2D eigenvalue weighted by atomic mass is 9.78. The summed E-state index contributed by atoms with van der Waals surface area (Å²) in [5, 5.41) is 3.75. The number of hydrogen-bond donors (Lipinski definition) is 0. The van der Waals surface area contributed by atoms with Crippen LogP contribution < -0.4 is 0 Å². The minimum Gasteiger partial charge on any atom is -0.360 e. The molecule has 1 atom stereocenters. The molecule has 1 rings (SSSR count). The monoisotopic (exact) mass is 179 g/mol. The quantitative estimate of drug-likeness (QED) is 0.665. The van der Waals surface area contributed by atoms with Crippen LogP contribution in [0.1, 0.15) is 39.9 Å². The van der Waals surface area contributed by atoms with E-state index in [9.17, 15) is 0 Å². The van der Waals surface area contributed by atoms with Crippen molar-refractivity contribution in [3.63, 3.8) is 0 Å². The topological polar surface area (TPSA) is 26.0 Å². The fourth-order valence-corrected chi connectivity index (χ4v) is 1.47. The average molecular weight is 179 g/mol. The first-order valence-electron chi connectivity index (χ1n) is 4.69. The lowest BCUT2D eigenvalue weighted by Gasteiger charge is -2.26. The van der Waals surface area contributed by atoms with E-state index in [0.717, 1.165) is 12.2 Å². The predicted molar refractivity (Wildman–Crippen MR) is 53.6 cm³/mol. The number of hydrogen-bond acceptors (Lipinski definition) is 2. The third kappa shape index (κ3) is 1.67. The summed E-state index contributed by atoms with van der Waals surface area (Å²) in [6, 6.07) is 1.94. The Balaban J connectivity index is 3.08. The molecule has 0 amide bonds. The normalized spacial score (nSPS) is 17.1. The molecule has 1 aromatic rings. The van der Waals surface area contributed by atoms with Crippen LogP contribution in [0.3, 0.4) is 0 Å². The molecule has 1 aromatic heterocycles. The fraction of sp³-hybridized carbons (Fsp3) is 0.545. The Labute approximate surface area is 79.6 Å². The Morgan fingerprint density at radius 3 is 2.77 bits per heavy atom. The molecular formula is C11H17NO. The van der Waals surface area contributed by atoms with Crippen LogP contribution >= 0.6 is 0 Å². The van der Waals surface area contributed by atoms with Crippen LogP contribution in [0.15, 0.2) is 28.4 Å². The molecule has 72 valence electrons. The zero-order valence-corrected chi connectivity index (χ0v) is 8.79. The van der Waals surface area contributed by atoms with E-state index < -0.39 is 0 Å². The van der Waals surface area contributed by atoms with Gasteiger partial charge < -0.3 is 4.52 Å². The summed E-state index contributed by atoms with van der Waals surface area (Å²) in [5.74, 6) is 0.950. The van der Waals surface area contributed by atoms with Crippen LogP contribution in [-0.2, 0) is 5.41 Å². The second-order valence-corrected chi connectivity index (χ2v) is 3.53. The van der Waals surface area contributed by atoms with Crippen LogP contribution in [0, 0.1) is 0 Å². The van der Waals surface area contributed by atoms with E-state index in [1.807, 2.05) is 6.07 Å². The number of aromatic nitrogens is 1. The van der Waals surface area contributed by atoms with Gasteiger partial charge in [-0.25, -0.2) is 0 Å². The van der Waals surface area contributed by atoms with Crippen LogP contribution in [-0.4, -0.2) is 5.16 Å². The summed E-state index contributed by atoms with van der Waals surface area (Å²) < 4.78 is 5.22. The van der Waals surface area contributed by atoms with Crippen molar-refractivity contribution in [3.8, 4) is 0 Å². The zero-order valence-electron chi connectivity index (χ0n) is 8.79. The molecule has 13 heavy (non-hydrogen) atoms. The SMILES string of the molecule is C/C=C(/C)[C@](C)(CC)c1ccno1. The highest BCUT2D eigenvalue weighted by molar-refractivity contribution is 5.26. The van der Waals surface area contributed by atoms with Gasteiger partial charge in [-0.3, -0.25) is 0 Å². The van der Waals surface area contributed by atoms with Crippen molar-refractivity contribution < 1.29 is 4.52 Å². The lowest BCUT2D eigenvalue weighted by Crippen LogP contribution is -2.21. The van der Waals surface area contributed by atoms with Gasteiger partial charge >= 0.3 is 0 Å². The zero-order chi connectivity index (χ0) is 9.90. The first-order chi connectivity index (χ1) is 6.15. The molecule has 0 aliphatic heterocycles. The number of nitrogens with zero attached hydrogens (tertiary/aromatic N) is 1. The maximum absolute atomic E-state index is 5.22. The van der Waals surface area contributed by atoms with E-state index in [2.05, 4.69) is 38.9 Å². The number of rotatable bonds is 3. The molecule has 0 N–H and O–H groups in total. The Kier molecular flexibility index (Phi) is 2.91. The predicted octanol–water partition coefficient (Wildman–Crippen LogP) is 3.31. The van der Waals surface area contributed by atoms with Gasteiger partial charge in [0.2, 0.25) is 0 Å². The molecule has 2 nitrogen and oxygen atoms in total. The number of allylic oxidation sites excluding steroid dienone is 2. The Bertz CT molecular complexity index is 287. The van der Waals surface area contributed by atoms with Crippen LogP contribution in [0.25, 0.3) is 0 Å². The fourth-order valence-electron chi connectivity index (χ4n) is 1.47. The standard InChI is InChI=1S/C11H17NO/c1-5-9(3)11(4,6-2)10-7-8-12-13-10/h5,7-8H,6H2,1-4H3/b9-5-/t11-/m0/s1. The third-order valence-electron chi connectivity index (χ3n) is 2.99. The molecule has 0 saturated heterocycles. The average Bonchev–Trinajstić information content (AvgIpc) is 2.68. The molecule has 1 heterocycles. The van der Waals surface area contributed by atoms with Crippen LogP contribution in [0.4, 0.5) is 0 Å². The van der Waals surface area contributed by atoms with Crippen molar-refractivity contribution >= 4 is 0 Å². The van der Waals surface area contributed by atoms with E-state index in [1.54, 1.807) is 6.20 Å². The minimum absolute atomic E-state index is 0.00521. The third-order valence-corrected chi connectivity index (χ3v) is 2.99. The molecule has 0 aliphatic carbocycles. The second kappa shape index (κ2) is 3.77. The Hall–Kier alpha value is -1.05. The Morgan fingerprint density at radius 2 is 2.38 bits per heavy atom. The van der Waals surface area contributed by atoms with E-state index in [1.165, 1.54) is 5.57 Å². The van der Waals surface area contributed by atoms with Crippen molar-refractivity contribution in [2.24, 2.45) is 0 Å².